The molecule has 1 saturated heterocycles. The molecular formula is C13H22ClN5OS. The Hall–Kier alpha value is -1.05. The van der Waals surface area contributed by atoms with Crippen molar-refractivity contribution in [1.82, 2.24) is 19.6 Å². The largest absolute Gasteiger partial charge is 0.412 e. The minimum Gasteiger partial charge on any atom is -0.412 e. The lowest BCUT2D eigenvalue weighted by Gasteiger charge is -2.27. The maximum absolute atomic E-state index is 4.77. The van der Waals surface area contributed by atoms with Crippen LogP contribution in [0, 0.1) is 0 Å². The number of nitrogens with zero attached hydrogens (tertiary/aromatic N) is 5. The van der Waals surface area contributed by atoms with Crippen LogP contribution in [0.1, 0.15) is 25.5 Å². The van der Waals surface area contributed by atoms with Gasteiger partial charge in [0.25, 0.3) is 0 Å². The summed E-state index contributed by atoms with van der Waals surface area (Å²) in [5.41, 5.74) is 0.928. The van der Waals surface area contributed by atoms with Gasteiger partial charge in [-0.05, 0) is 0 Å². The van der Waals surface area contributed by atoms with E-state index < -0.39 is 0 Å². The van der Waals surface area contributed by atoms with E-state index >= 15 is 0 Å². The molecule has 2 aromatic rings. The third kappa shape index (κ3) is 3.59. The fraction of sp³-hybridized carbons (Fsp3) is 0.615. The molecule has 118 valence electrons. The second kappa shape index (κ2) is 7.82. The lowest BCUT2D eigenvalue weighted by atomic mass is 10.4. The molecule has 1 aliphatic heterocycles. The Morgan fingerprint density at radius 3 is 2.48 bits per heavy atom. The molecule has 8 heteroatoms. The zero-order valence-corrected chi connectivity index (χ0v) is 14.0. The standard InChI is InChI=1S/C13H19N5S.ClH.H2O/c1-3-10-14-13-9-12(17-5-7-19-8-6-17)15-11(4-2)18(13)16-10;;/h9H,3-8H2,1-2H3;1H;1H2. The molecule has 0 atom stereocenters. The highest BCUT2D eigenvalue weighted by Gasteiger charge is 2.16. The maximum atomic E-state index is 4.77. The number of aromatic nitrogens is 4. The van der Waals surface area contributed by atoms with E-state index in [-0.39, 0.29) is 17.9 Å². The van der Waals surface area contributed by atoms with E-state index in [9.17, 15) is 0 Å². The van der Waals surface area contributed by atoms with E-state index in [1.807, 2.05) is 16.3 Å². The molecule has 1 fully saturated rings. The number of anilines is 1. The molecule has 0 aromatic carbocycles. The van der Waals surface area contributed by atoms with Gasteiger partial charge in [0, 0.05) is 43.5 Å². The van der Waals surface area contributed by atoms with E-state index in [0.29, 0.717) is 0 Å². The molecule has 0 radical (unpaired) electrons. The van der Waals surface area contributed by atoms with Crippen LogP contribution in [0.2, 0.25) is 0 Å². The Morgan fingerprint density at radius 2 is 1.86 bits per heavy atom. The van der Waals surface area contributed by atoms with E-state index in [1.165, 1.54) is 11.5 Å². The van der Waals surface area contributed by atoms with Gasteiger partial charge in [0.05, 0.1) is 0 Å². The topological polar surface area (TPSA) is 77.8 Å². The van der Waals surface area contributed by atoms with Crippen molar-refractivity contribution in [1.29, 1.82) is 0 Å². The van der Waals surface area contributed by atoms with Gasteiger partial charge in [-0.3, -0.25) is 0 Å². The first-order valence-corrected chi connectivity index (χ1v) is 8.05. The highest BCUT2D eigenvalue weighted by atomic mass is 35.5. The third-order valence-electron chi connectivity index (χ3n) is 3.39. The summed E-state index contributed by atoms with van der Waals surface area (Å²) in [6, 6.07) is 2.07. The Bertz CT molecular complexity index is 585. The van der Waals surface area contributed by atoms with Gasteiger partial charge in [0.1, 0.15) is 11.6 Å². The van der Waals surface area contributed by atoms with E-state index in [4.69, 9.17) is 4.98 Å². The summed E-state index contributed by atoms with van der Waals surface area (Å²) in [6.45, 7) is 6.35. The lowest BCUT2D eigenvalue weighted by Crippen LogP contribution is -2.33. The normalized spacial score (nSPS) is 14.7. The van der Waals surface area contributed by atoms with Crippen molar-refractivity contribution in [3.05, 3.63) is 17.7 Å². The zero-order valence-electron chi connectivity index (χ0n) is 12.4. The van der Waals surface area contributed by atoms with Gasteiger partial charge in [-0.15, -0.1) is 17.5 Å². The molecule has 0 bridgehead atoms. The van der Waals surface area contributed by atoms with Gasteiger partial charge in [0.15, 0.2) is 11.5 Å². The van der Waals surface area contributed by atoms with Crippen LogP contribution in [0.15, 0.2) is 6.07 Å². The van der Waals surface area contributed by atoms with Crippen molar-refractivity contribution < 1.29 is 5.48 Å². The molecule has 6 nitrogen and oxygen atoms in total. The van der Waals surface area contributed by atoms with Crippen LogP contribution in [0.25, 0.3) is 5.65 Å². The second-order valence-corrected chi connectivity index (χ2v) is 5.86. The number of halogens is 1. The van der Waals surface area contributed by atoms with E-state index in [2.05, 4.69) is 34.9 Å². The summed E-state index contributed by atoms with van der Waals surface area (Å²) in [5.74, 6) is 5.31. The van der Waals surface area contributed by atoms with Gasteiger partial charge in [-0.2, -0.15) is 16.3 Å². The average molecular weight is 332 g/mol. The molecule has 2 N–H and O–H groups in total. The van der Waals surface area contributed by atoms with Gasteiger partial charge in [0.2, 0.25) is 0 Å². The van der Waals surface area contributed by atoms with Crippen molar-refractivity contribution in [2.75, 3.05) is 29.5 Å². The summed E-state index contributed by atoms with van der Waals surface area (Å²) in [7, 11) is 0. The number of rotatable bonds is 3. The first-order chi connectivity index (χ1) is 9.31. The number of aryl methyl sites for hydroxylation is 2. The molecule has 0 saturated carbocycles. The van der Waals surface area contributed by atoms with Crippen molar-refractivity contribution >= 4 is 35.6 Å². The van der Waals surface area contributed by atoms with Gasteiger partial charge >= 0.3 is 0 Å². The third-order valence-corrected chi connectivity index (χ3v) is 4.33. The molecule has 0 unspecified atom stereocenters. The van der Waals surface area contributed by atoms with Gasteiger partial charge in [-0.25, -0.2) is 9.97 Å². The monoisotopic (exact) mass is 331 g/mol. The zero-order chi connectivity index (χ0) is 13.2. The SMILES string of the molecule is CCc1nc2cc(N3CCSCC3)nc(CC)n2n1.Cl.O. The van der Waals surface area contributed by atoms with E-state index in [1.54, 1.807) is 0 Å². The fourth-order valence-electron chi connectivity index (χ4n) is 2.31. The molecule has 21 heavy (non-hydrogen) atoms. The Labute approximate surface area is 135 Å². The lowest BCUT2D eigenvalue weighted by molar-refractivity contribution is 0.768. The van der Waals surface area contributed by atoms with Crippen LogP contribution in [-0.2, 0) is 12.8 Å². The van der Waals surface area contributed by atoms with Crippen molar-refractivity contribution in [2.24, 2.45) is 0 Å². The fourth-order valence-corrected chi connectivity index (χ4v) is 3.22. The molecule has 0 spiro atoms. The highest BCUT2D eigenvalue weighted by Crippen LogP contribution is 2.19. The number of hydrogen-bond acceptors (Lipinski definition) is 5. The number of fused-ring (bicyclic) bond motifs is 1. The predicted molar refractivity (Wildman–Crippen MR) is 89.9 cm³/mol. The van der Waals surface area contributed by atoms with Crippen LogP contribution in [0.3, 0.4) is 0 Å². The molecule has 3 rings (SSSR count). The number of hydrogen-bond donors (Lipinski definition) is 0. The summed E-state index contributed by atoms with van der Waals surface area (Å²) >= 11 is 2.01. The van der Waals surface area contributed by atoms with Crippen LogP contribution in [-0.4, -0.2) is 49.7 Å². The molecule has 0 amide bonds. The first-order valence-electron chi connectivity index (χ1n) is 6.90. The molecule has 0 aliphatic carbocycles. The van der Waals surface area contributed by atoms with Crippen molar-refractivity contribution in [2.45, 2.75) is 26.7 Å². The molecule has 2 aromatic heterocycles. The van der Waals surface area contributed by atoms with Crippen LogP contribution in [0.5, 0.6) is 0 Å². The first kappa shape index (κ1) is 18.0. The summed E-state index contributed by atoms with van der Waals surface area (Å²) in [5, 5.41) is 4.51. The predicted octanol–water partition coefficient (Wildman–Crippen LogP) is 1.40. The summed E-state index contributed by atoms with van der Waals surface area (Å²) in [6.07, 6.45) is 1.74. The van der Waals surface area contributed by atoms with Crippen LogP contribution >= 0.6 is 24.2 Å². The average Bonchev–Trinajstić information content (AvgIpc) is 2.90. The Kier molecular flexibility index (Phi) is 6.70. The Morgan fingerprint density at radius 1 is 1.14 bits per heavy atom. The van der Waals surface area contributed by atoms with E-state index in [0.717, 1.165) is 49.0 Å². The van der Waals surface area contributed by atoms with Gasteiger partial charge < -0.3 is 10.4 Å². The second-order valence-electron chi connectivity index (χ2n) is 4.64. The summed E-state index contributed by atoms with van der Waals surface area (Å²) < 4.78 is 1.89. The summed E-state index contributed by atoms with van der Waals surface area (Å²) in [4.78, 5) is 11.7. The minimum absolute atomic E-state index is 0. The quantitative estimate of drug-likeness (QED) is 0.849. The van der Waals surface area contributed by atoms with Crippen LogP contribution < -0.4 is 4.90 Å². The maximum Gasteiger partial charge on any atom is 0.161 e. The van der Waals surface area contributed by atoms with Crippen LogP contribution in [0.4, 0.5) is 5.82 Å². The van der Waals surface area contributed by atoms with Crippen molar-refractivity contribution in [3.8, 4) is 0 Å². The molecular weight excluding hydrogens is 310 g/mol. The molecule has 3 heterocycles. The van der Waals surface area contributed by atoms with Crippen molar-refractivity contribution in [3.63, 3.8) is 0 Å². The smallest absolute Gasteiger partial charge is 0.161 e. The number of thioether (sulfide) groups is 1. The van der Waals surface area contributed by atoms with Gasteiger partial charge in [-0.1, -0.05) is 13.8 Å². The molecule has 1 aliphatic rings. The Balaban J connectivity index is 0.00000110. The minimum atomic E-state index is 0. The highest BCUT2D eigenvalue weighted by molar-refractivity contribution is 7.99.